The lowest BCUT2D eigenvalue weighted by molar-refractivity contribution is 0.0526. The van der Waals surface area contributed by atoms with Crippen LogP contribution in [0.5, 0.6) is 0 Å². The summed E-state index contributed by atoms with van der Waals surface area (Å²) in [6.45, 7) is 2.17. The van der Waals surface area contributed by atoms with Gasteiger partial charge in [0.2, 0.25) is 0 Å². The second kappa shape index (κ2) is 7.60. The Bertz CT molecular complexity index is 1090. The highest BCUT2D eigenvalue weighted by molar-refractivity contribution is 7.14. The number of nitrogens with one attached hydrogen (secondary N) is 1. The largest absolute Gasteiger partial charge is 0.462 e. The van der Waals surface area contributed by atoms with Gasteiger partial charge in [-0.25, -0.2) is 9.78 Å². The number of ether oxygens (including phenoxy) is 1. The van der Waals surface area contributed by atoms with E-state index < -0.39 is 0 Å². The van der Waals surface area contributed by atoms with Crippen molar-refractivity contribution >= 4 is 38.9 Å². The van der Waals surface area contributed by atoms with Crippen LogP contribution in [0.3, 0.4) is 0 Å². The normalized spacial score (nSPS) is 10.7. The number of rotatable bonds is 5. The molecule has 0 unspecified atom stereocenters. The highest BCUT2D eigenvalue weighted by Gasteiger charge is 2.08. The molecule has 4 aromatic rings. The molecule has 3 aromatic carbocycles. The van der Waals surface area contributed by atoms with Crippen molar-refractivity contribution in [3.63, 3.8) is 0 Å². The number of hydrogen-bond acceptors (Lipinski definition) is 5. The van der Waals surface area contributed by atoms with Gasteiger partial charge in [0.25, 0.3) is 0 Å². The molecule has 1 aromatic heterocycles. The number of benzene rings is 3. The molecule has 0 saturated carbocycles. The molecule has 0 aliphatic rings. The van der Waals surface area contributed by atoms with Crippen molar-refractivity contribution in [2.75, 3.05) is 11.9 Å². The molecular weight excluding hydrogens is 356 g/mol. The van der Waals surface area contributed by atoms with Gasteiger partial charge in [-0.2, -0.15) is 0 Å². The van der Waals surface area contributed by atoms with E-state index in [1.165, 1.54) is 10.8 Å². The van der Waals surface area contributed by atoms with Gasteiger partial charge in [-0.05, 0) is 48.0 Å². The SMILES string of the molecule is CCOC(=O)c1ccc(Nc2nc(-c3ccc4ccccc4c3)cs2)cc1. The number of fused-ring (bicyclic) bond motifs is 1. The van der Waals surface area contributed by atoms with Crippen LogP contribution in [0.2, 0.25) is 0 Å². The van der Waals surface area contributed by atoms with Crippen LogP contribution in [0.4, 0.5) is 10.8 Å². The zero-order valence-corrected chi connectivity index (χ0v) is 15.6. The Balaban J connectivity index is 1.51. The zero-order chi connectivity index (χ0) is 18.6. The summed E-state index contributed by atoms with van der Waals surface area (Å²) in [5, 5.41) is 8.55. The Labute approximate surface area is 161 Å². The summed E-state index contributed by atoms with van der Waals surface area (Å²) in [6, 6.07) is 21.9. The second-order valence-corrected chi connectivity index (χ2v) is 6.88. The Kier molecular flexibility index (Phi) is 4.85. The second-order valence-electron chi connectivity index (χ2n) is 6.02. The van der Waals surface area contributed by atoms with Gasteiger partial charge in [0.05, 0.1) is 17.9 Å². The minimum absolute atomic E-state index is 0.308. The van der Waals surface area contributed by atoms with Gasteiger partial charge in [0, 0.05) is 16.6 Å². The lowest BCUT2D eigenvalue weighted by Crippen LogP contribution is -2.04. The average molecular weight is 374 g/mol. The first-order valence-corrected chi connectivity index (χ1v) is 9.60. The summed E-state index contributed by atoms with van der Waals surface area (Å²) in [5.41, 5.74) is 3.45. The first-order valence-electron chi connectivity index (χ1n) is 8.72. The first kappa shape index (κ1) is 17.2. The van der Waals surface area contributed by atoms with Gasteiger partial charge in [0.15, 0.2) is 5.13 Å². The number of nitrogens with zero attached hydrogens (tertiary/aromatic N) is 1. The fourth-order valence-electron chi connectivity index (χ4n) is 2.84. The maximum atomic E-state index is 11.7. The number of hydrogen-bond donors (Lipinski definition) is 1. The molecule has 0 aliphatic heterocycles. The van der Waals surface area contributed by atoms with Crippen molar-refractivity contribution in [2.24, 2.45) is 0 Å². The van der Waals surface area contributed by atoms with Gasteiger partial charge in [-0.1, -0.05) is 36.4 Å². The van der Waals surface area contributed by atoms with Crippen LogP contribution in [0.15, 0.2) is 72.1 Å². The molecule has 1 N–H and O–H groups in total. The Hall–Kier alpha value is -3.18. The third-order valence-electron chi connectivity index (χ3n) is 4.20. The van der Waals surface area contributed by atoms with Crippen LogP contribution in [0.1, 0.15) is 17.3 Å². The fraction of sp³-hybridized carbons (Fsp3) is 0.0909. The Morgan fingerprint density at radius 1 is 1.04 bits per heavy atom. The van der Waals surface area contributed by atoms with Gasteiger partial charge in [-0.3, -0.25) is 0 Å². The fourth-order valence-corrected chi connectivity index (χ4v) is 3.58. The standard InChI is InChI=1S/C22H18N2O2S/c1-2-26-21(25)16-9-11-19(12-10-16)23-22-24-20(14-27-22)18-8-7-15-5-3-4-6-17(15)13-18/h3-14H,2H2,1H3,(H,23,24). The molecule has 0 aliphatic carbocycles. The van der Waals surface area contributed by atoms with E-state index in [1.54, 1.807) is 30.4 Å². The molecule has 1 heterocycles. The Morgan fingerprint density at radius 3 is 2.59 bits per heavy atom. The monoisotopic (exact) mass is 374 g/mol. The number of aromatic nitrogens is 1. The van der Waals surface area contributed by atoms with E-state index in [2.05, 4.69) is 40.6 Å². The predicted molar refractivity (Wildman–Crippen MR) is 111 cm³/mol. The van der Waals surface area contributed by atoms with Crippen molar-refractivity contribution in [3.05, 3.63) is 77.7 Å². The predicted octanol–water partition coefficient (Wildman–Crippen LogP) is 5.88. The molecule has 134 valence electrons. The van der Waals surface area contributed by atoms with Crippen LogP contribution in [0, 0.1) is 0 Å². The van der Waals surface area contributed by atoms with Crippen LogP contribution in [-0.4, -0.2) is 17.6 Å². The van der Waals surface area contributed by atoms with Gasteiger partial charge in [0.1, 0.15) is 0 Å². The van der Waals surface area contributed by atoms with Crippen molar-refractivity contribution in [1.29, 1.82) is 0 Å². The lowest BCUT2D eigenvalue weighted by Gasteiger charge is -2.05. The summed E-state index contributed by atoms with van der Waals surface area (Å²) in [7, 11) is 0. The van der Waals surface area contributed by atoms with Gasteiger partial charge in [-0.15, -0.1) is 11.3 Å². The van der Waals surface area contributed by atoms with E-state index in [4.69, 9.17) is 4.74 Å². The van der Waals surface area contributed by atoms with E-state index in [0.717, 1.165) is 22.1 Å². The number of carbonyl (C=O) groups excluding carboxylic acids is 1. The highest BCUT2D eigenvalue weighted by Crippen LogP contribution is 2.29. The lowest BCUT2D eigenvalue weighted by atomic mass is 10.1. The van der Waals surface area contributed by atoms with E-state index in [1.807, 2.05) is 29.6 Å². The highest BCUT2D eigenvalue weighted by atomic mass is 32.1. The summed E-state index contributed by atoms with van der Waals surface area (Å²) < 4.78 is 5.00. The summed E-state index contributed by atoms with van der Waals surface area (Å²) >= 11 is 1.55. The maximum Gasteiger partial charge on any atom is 0.338 e. The van der Waals surface area contributed by atoms with Crippen LogP contribution in [0.25, 0.3) is 22.0 Å². The third kappa shape index (κ3) is 3.83. The molecule has 4 nitrogen and oxygen atoms in total. The minimum atomic E-state index is -0.308. The summed E-state index contributed by atoms with van der Waals surface area (Å²) in [5.74, 6) is -0.308. The van der Waals surface area contributed by atoms with E-state index in [9.17, 15) is 4.79 Å². The number of anilines is 2. The molecule has 27 heavy (non-hydrogen) atoms. The zero-order valence-electron chi connectivity index (χ0n) is 14.8. The van der Waals surface area contributed by atoms with Crippen LogP contribution in [-0.2, 0) is 4.74 Å². The van der Waals surface area contributed by atoms with Gasteiger partial charge < -0.3 is 10.1 Å². The van der Waals surface area contributed by atoms with Crippen molar-refractivity contribution < 1.29 is 9.53 Å². The molecule has 0 amide bonds. The first-order chi connectivity index (χ1) is 13.2. The molecular formula is C22H18N2O2S. The molecule has 0 fully saturated rings. The molecule has 4 rings (SSSR count). The van der Waals surface area contributed by atoms with Crippen LogP contribution >= 0.6 is 11.3 Å². The van der Waals surface area contributed by atoms with Crippen molar-refractivity contribution in [2.45, 2.75) is 6.92 Å². The number of esters is 1. The maximum absolute atomic E-state index is 11.7. The average Bonchev–Trinajstić information content (AvgIpc) is 3.17. The molecule has 0 radical (unpaired) electrons. The van der Waals surface area contributed by atoms with E-state index in [0.29, 0.717) is 12.2 Å². The third-order valence-corrected chi connectivity index (χ3v) is 4.95. The quantitative estimate of drug-likeness (QED) is 0.443. The Morgan fingerprint density at radius 2 is 1.81 bits per heavy atom. The minimum Gasteiger partial charge on any atom is -0.462 e. The van der Waals surface area contributed by atoms with Crippen LogP contribution < -0.4 is 5.32 Å². The molecule has 5 heteroatoms. The molecule has 0 saturated heterocycles. The van der Waals surface area contributed by atoms with E-state index in [-0.39, 0.29) is 5.97 Å². The number of carbonyl (C=O) groups is 1. The molecule has 0 atom stereocenters. The molecule has 0 spiro atoms. The van der Waals surface area contributed by atoms with Crippen molar-refractivity contribution in [1.82, 2.24) is 4.98 Å². The smallest absolute Gasteiger partial charge is 0.338 e. The number of thiazole rings is 1. The molecule has 0 bridgehead atoms. The van der Waals surface area contributed by atoms with Crippen molar-refractivity contribution in [3.8, 4) is 11.3 Å². The summed E-state index contributed by atoms with van der Waals surface area (Å²) in [6.07, 6.45) is 0. The van der Waals surface area contributed by atoms with E-state index >= 15 is 0 Å². The summed E-state index contributed by atoms with van der Waals surface area (Å²) in [4.78, 5) is 16.4. The van der Waals surface area contributed by atoms with Gasteiger partial charge >= 0.3 is 5.97 Å². The topological polar surface area (TPSA) is 51.2 Å².